The van der Waals surface area contributed by atoms with Gasteiger partial charge < -0.3 is 4.90 Å². The fourth-order valence-electron chi connectivity index (χ4n) is 3.80. The summed E-state index contributed by atoms with van der Waals surface area (Å²) in [6.07, 6.45) is 7.54. The zero-order chi connectivity index (χ0) is 16.2. The van der Waals surface area contributed by atoms with Gasteiger partial charge in [-0.3, -0.25) is 14.8 Å². The van der Waals surface area contributed by atoms with Crippen molar-refractivity contribution < 1.29 is 4.79 Å². The van der Waals surface area contributed by atoms with E-state index in [9.17, 15) is 4.79 Å². The predicted octanol–water partition coefficient (Wildman–Crippen LogP) is 2.17. The molecular weight excluding hydrogens is 288 g/mol. The lowest BCUT2D eigenvalue weighted by molar-refractivity contribution is 0.0500. The molecule has 0 aromatic carbocycles. The lowest BCUT2D eigenvalue weighted by Gasteiger charge is -2.42. The van der Waals surface area contributed by atoms with Crippen LogP contribution in [0.25, 0.3) is 0 Å². The van der Waals surface area contributed by atoms with Crippen molar-refractivity contribution in [2.75, 3.05) is 13.1 Å². The SMILES string of the molecule is CC1=C(C)CC=CC(C23Cn4nc(C)cc4C(=O)N2CCN3)=C1. The van der Waals surface area contributed by atoms with Crippen LogP contribution in [-0.2, 0) is 6.54 Å². The van der Waals surface area contributed by atoms with Crippen LogP contribution >= 0.6 is 0 Å². The van der Waals surface area contributed by atoms with E-state index in [2.05, 4.69) is 42.5 Å². The molecule has 1 amide bonds. The number of carbonyl (C=O) groups excluding carboxylic acids is 1. The number of rotatable bonds is 1. The number of fused-ring (bicyclic) bond motifs is 2. The Labute approximate surface area is 136 Å². The monoisotopic (exact) mass is 310 g/mol. The van der Waals surface area contributed by atoms with Crippen molar-refractivity contribution in [1.82, 2.24) is 20.0 Å². The Morgan fingerprint density at radius 3 is 2.96 bits per heavy atom. The Morgan fingerprint density at radius 2 is 2.13 bits per heavy atom. The summed E-state index contributed by atoms with van der Waals surface area (Å²) in [7, 11) is 0. The molecule has 0 radical (unpaired) electrons. The second-order valence-corrected chi connectivity index (χ2v) is 6.74. The normalized spacial score (nSPS) is 27.0. The van der Waals surface area contributed by atoms with Crippen molar-refractivity contribution in [2.24, 2.45) is 0 Å². The quantitative estimate of drug-likeness (QED) is 0.865. The minimum absolute atomic E-state index is 0.0683. The van der Waals surface area contributed by atoms with Gasteiger partial charge in [0.2, 0.25) is 0 Å². The van der Waals surface area contributed by atoms with E-state index in [0.717, 1.165) is 30.8 Å². The minimum atomic E-state index is -0.481. The number of nitrogens with zero attached hydrogens (tertiary/aromatic N) is 3. The Hall–Kier alpha value is -2.14. The maximum absolute atomic E-state index is 13.0. The third kappa shape index (κ3) is 2.03. The third-order valence-electron chi connectivity index (χ3n) is 5.20. The van der Waals surface area contributed by atoms with Crippen LogP contribution < -0.4 is 5.32 Å². The van der Waals surface area contributed by atoms with Crippen molar-refractivity contribution in [1.29, 1.82) is 0 Å². The molecule has 0 saturated carbocycles. The molecule has 0 spiro atoms. The molecule has 1 fully saturated rings. The van der Waals surface area contributed by atoms with Gasteiger partial charge in [0, 0.05) is 13.1 Å². The Balaban J connectivity index is 1.86. The van der Waals surface area contributed by atoms with E-state index in [-0.39, 0.29) is 5.91 Å². The van der Waals surface area contributed by atoms with E-state index in [1.807, 2.05) is 22.6 Å². The molecule has 1 atom stereocenters. The molecule has 0 bridgehead atoms. The van der Waals surface area contributed by atoms with Gasteiger partial charge in [-0.1, -0.05) is 29.4 Å². The summed E-state index contributed by atoms with van der Waals surface area (Å²) in [6.45, 7) is 8.44. The molecule has 1 aromatic rings. The molecule has 1 saturated heterocycles. The van der Waals surface area contributed by atoms with Crippen molar-refractivity contribution in [3.8, 4) is 0 Å². The summed E-state index contributed by atoms with van der Waals surface area (Å²) in [5.41, 5.74) is 4.91. The van der Waals surface area contributed by atoms with E-state index in [1.165, 1.54) is 11.1 Å². The zero-order valence-electron chi connectivity index (χ0n) is 13.9. The molecule has 5 heteroatoms. The first-order chi connectivity index (χ1) is 11.0. The highest BCUT2D eigenvalue weighted by Gasteiger charge is 2.50. The number of aryl methyl sites for hydroxylation is 1. The van der Waals surface area contributed by atoms with Crippen LogP contribution in [0.2, 0.25) is 0 Å². The summed E-state index contributed by atoms with van der Waals surface area (Å²) in [4.78, 5) is 14.9. The highest BCUT2D eigenvalue weighted by atomic mass is 16.2. The smallest absolute Gasteiger partial charge is 0.273 e. The second-order valence-electron chi connectivity index (χ2n) is 6.74. The van der Waals surface area contributed by atoms with Crippen LogP contribution in [0.3, 0.4) is 0 Å². The maximum Gasteiger partial charge on any atom is 0.273 e. The van der Waals surface area contributed by atoms with Crippen LogP contribution in [-0.4, -0.2) is 39.3 Å². The molecule has 23 heavy (non-hydrogen) atoms. The molecular formula is C18H22N4O. The average molecular weight is 310 g/mol. The summed E-state index contributed by atoms with van der Waals surface area (Å²) in [5, 5.41) is 8.11. The van der Waals surface area contributed by atoms with Crippen LogP contribution in [0.4, 0.5) is 0 Å². The first kappa shape index (κ1) is 14.5. The van der Waals surface area contributed by atoms with Crippen molar-refractivity contribution in [3.63, 3.8) is 0 Å². The molecule has 1 N–H and O–H groups in total. The van der Waals surface area contributed by atoms with Gasteiger partial charge >= 0.3 is 0 Å². The maximum atomic E-state index is 13.0. The van der Waals surface area contributed by atoms with E-state index in [1.54, 1.807) is 0 Å². The molecule has 3 heterocycles. The molecule has 4 rings (SSSR count). The van der Waals surface area contributed by atoms with E-state index in [0.29, 0.717) is 12.2 Å². The summed E-state index contributed by atoms with van der Waals surface area (Å²) in [6, 6.07) is 1.89. The topological polar surface area (TPSA) is 50.2 Å². The minimum Gasteiger partial charge on any atom is -0.312 e. The molecule has 1 aliphatic carbocycles. The van der Waals surface area contributed by atoms with Crippen LogP contribution in [0.5, 0.6) is 0 Å². The predicted molar refractivity (Wildman–Crippen MR) is 88.9 cm³/mol. The molecule has 2 aliphatic heterocycles. The van der Waals surface area contributed by atoms with Gasteiger partial charge in [0.05, 0.1) is 12.2 Å². The molecule has 3 aliphatic rings. The van der Waals surface area contributed by atoms with Gasteiger partial charge in [-0.15, -0.1) is 0 Å². The van der Waals surface area contributed by atoms with Crippen molar-refractivity contribution in [2.45, 2.75) is 39.4 Å². The highest BCUT2D eigenvalue weighted by molar-refractivity contribution is 5.94. The largest absolute Gasteiger partial charge is 0.312 e. The first-order valence-electron chi connectivity index (χ1n) is 8.18. The number of allylic oxidation sites excluding steroid dienone is 4. The number of aromatic nitrogens is 2. The van der Waals surface area contributed by atoms with Gasteiger partial charge in [0.25, 0.3) is 5.91 Å². The van der Waals surface area contributed by atoms with Crippen molar-refractivity contribution in [3.05, 3.63) is 52.4 Å². The molecule has 5 nitrogen and oxygen atoms in total. The van der Waals surface area contributed by atoms with Crippen LogP contribution in [0.1, 0.15) is 36.5 Å². The van der Waals surface area contributed by atoms with Gasteiger partial charge in [-0.25, -0.2) is 0 Å². The Bertz CT molecular complexity index is 783. The number of amides is 1. The van der Waals surface area contributed by atoms with E-state index in [4.69, 9.17) is 0 Å². The van der Waals surface area contributed by atoms with Crippen LogP contribution in [0.15, 0.2) is 41.0 Å². The Morgan fingerprint density at radius 1 is 1.30 bits per heavy atom. The molecule has 120 valence electrons. The number of carbonyl (C=O) groups is 1. The first-order valence-corrected chi connectivity index (χ1v) is 8.18. The fourth-order valence-corrected chi connectivity index (χ4v) is 3.80. The standard InChI is InChI=1S/C18H22N4O/c1-12-5-4-6-15(9-13(12)2)18-11-22-16(10-14(3)20-22)17(23)21(18)8-7-19-18/h4,6,9-10,19H,5,7-8,11H2,1-3H3. The van der Waals surface area contributed by atoms with E-state index < -0.39 is 5.66 Å². The van der Waals surface area contributed by atoms with Gasteiger partial charge in [-0.05, 0) is 38.8 Å². The number of hydrogen-bond acceptors (Lipinski definition) is 3. The summed E-state index contributed by atoms with van der Waals surface area (Å²) >= 11 is 0. The third-order valence-corrected chi connectivity index (χ3v) is 5.20. The van der Waals surface area contributed by atoms with Crippen LogP contribution in [0, 0.1) is 6.92 Å². The van der Waals surface area contributed by atoms with E-state index >= 15 is 0 Å². The molecule has 1 aromatic heterocycles. The highest BCUT2D eigenvalue weighted by Crippen LogP contribution is 2.36. The summed E-state index contributed by atoms with van der Waals surface area (Å²) < 4.78 is 1.86. The average Bonchev–Trinajstić information content (AvgIpc) is 3.05. The summed E-state index contributed by atoms with van der Waals surface area (Å²) in [5.74, 6) is 0.0683. The van der Waals surface area contributed by atoms with Gasteiger partial charge in [-0.2, -0.15) is 5.10 Å². The van der Waals surface area contributed by atoms with Gasteiger partial charge in [0.1, 0.15) is 11.4 Å². The fraction of sp³-hybridized carbons (Fsp3) is 0.444. The number of hydrogen-bond donors (Lipinski definition) is 1. The second kappa shape index (κ2) is 4.93. The number of nitrogens with one attached hydrogen (secondary N) is 1. The van der Waals surface area contributed by atoms with Crippen molar-refractivity contribution >= 4 is 5.91 Å². The lowest BCUT2D eigenvalue weighted by Crippen LogP contribution is -2.61. The molecule has 1 unspecified atom stereocenters. The zero-order valence-corrected chi connectivity index (χ0v) is 13.9. The Kier molecular flexibility index (Phi) is 3.10. The lowest BCUT2D eigenvalue weighted by atomic mass is 9.94. The van der Waals surface area contributed by atoms with Gasteiger partial charge in [0.15, 0.2) is 0 Å².